The molecule has 0 aliphatic heterocycles. The van der Waals surface area contributed by atoms with Crippen molar-refractivity contribution in [3.05, 3.63) is 71.9 Å². The van der Waals surface area contributed by atoms with Crippen LogP contribution in [0.2, 0.25) is 0 Å². The van der Waals surface area contributed by atoms with Crippen molar-refractivity contribution in [3.8, 4) is 22.4 Å². The minimum Gasteiger partial charge on any atom is -0.278 e. The number of rotatable bonds is 3. The van der Waals surface area contributed by atoms with Crippen LogP contribution in [0.5, 0.6) is 0 Å². The normalized spacial score (nSPS) is 14.1. The first-order valence-corrected chi connectivity index (χ1v) is 9.77. The van der Waals surface area contributed by atoms with Gasteiger partial charge in [-0.2, -0.15) is 10.2 Å². The van der Waals surface area contributed by atoms with Gasteiger partial charge in [0.15, 0.2) is 11.5 Å². The third-order valence-corrected chi connectivity index (χ3v) is 5.63. The number of pyridine rings is 1. The maximum Gasteiger partial charge on any atom is 0.156 e. The lowest BCUT2D eigenvalue weighted by Gasteiger charge is -2.13. The highest BCUT2D eigenvalue weighted by molar-refractivity contribution is 5.90. The Morgan fingerprint density at radius 2 is 1.86 bits per heavy atom. The second kappa shape index (κ2) is 5.98. The predicted molar refractivity (Wildman–Crippen MR) is 110 cm³/mol. The molecule has 1 fully saturated rings. The van der Waals surface area contributed by atoms with Crippen LogP contribution in [0.15, 0.2) is 54.7 Å². The largest absolute Gasteiger partial charge is 0.278 e. The van der Waals surface area contributed by atoms with Gasteiger partial charge in [0.1, 0.15) is 5.82 Å². The smallest absolute Gasteiger partial charge is 0.156 e. The highest BCUT2D eigenvalue weighted by Crippen LogP contribution is 2.40. The van der Waals surface area contributed by atoms with Crippen molar-refractivity contribution in [2.45, 2.75) is 25.7 Å². The van der Waals surface area contributed by atoms with E-state index in [1.54, 1.807) is 0 Å². The number of benzene rings is 2. The van der Waals surface area contributed by atoms with E-state index in [0.717, 1.165) is 63.2 Å². The average molecular weight is 383 g/mol. The summed E-state index contributed by atoms with van der Waals surface area (Å²) in [6, 6.07) is 14.9. The van der Waals surface area contributed by atoms with Crippen LogP contribution in [0.3, 0.4) is 0 Å². The summed E-state index contributed by atoms with van der Waals surface area (Å²) < 4.78 is 15.5. The van der Waals surface area contributed by atoms with Gasteiger partial charge >= 0.3 is 0 Å². The summed E-state index contributed by atoms with van der Waals surface area (Å²) in [4.78, 5) is 4.76. The molecular formula is C23H18FN5. The molecule has 0 radical (unpaired) electrons. The monoisotopic (exact) mass is 383 g/mol. The fraction of sp³-hybridized carbons (Fsp3) is 0.174. The van der Waals surface area contributed by atoms with E-state index in [4.69, 9.17) is 10.1 Å². The number of hydrogen-bond acceptors (Lipinski definition) is 3. The molecule has 1 N–H and O–H groups in total. The third-order valence-electron chi connectivity index (χ3n) is 5.63. The van der Waals surface area contributed by atoms with Gasteiger partial charge in [0.25, 0.3) is 0 Å². The Hall–Kier alpha value is -3.54. The van der Waals surface area contributed by atoms with E-state index >= 15 is 0 Å². The number of halogens is 1. The van der Waals surface area contributed by atoms with Gasteiger partial charge in [0.05, 0.1) is 17.4 Å². The van der Waals surface area contributed by atoms with Gasteiger partial charge in [-0.25, -0.2) is 13.9 Å². The molecule has 0 atom stereocenters. The Labute approximate surface area is 166 Å². The van der Waals surface area contributed by atoms with Crippen molar-refractivity contribution < 1.29 is 4.39 Å². The molecule has 1 aliphatic carbocycles. The van der Waals surface area contributed by atoms with Crippen LogP contribution >= 0.6 is 0 Å². The third kappa shape index (κ3) is 2.63. The zero-order valence-electron chi connectivity index (χ0n) is 15.9. The fourth-order valence-corrected chi connectivity index (χ4v) is 3.99. The van der Waals surface area contributed by atoms with E-state index in [1.807, 2.05) is 28.9 Å². The van der Waals surface area contributed by atoms with E-state index in [9.17, 15) is 4.39 Å². The van der Waals surface area contributed by atoms with Gasteiger partial charge in [-0.05, 0) is 67.3 Å². The summed E-state index contributed by atoms with van der Waals surface area (Å²) in [7, 11) is 0. The molecule has 3 aromatic heterocycles. The molecular weight excluding hydrogens is 365 g/mol. The Balaban J connectivity index is 1.67. The van der Waals surface area contributed by atoms with Crippen molar-refractivity contribution >= 4 is 16.6 Å². The molecule has 2 aromatic carbocycles. The molecule has 142 valence electrons. The zero-order chi connectivity index (χ0) is 19.5. The van der Waals surface area contributed by atoms with Gasteiger partial charge in [0, 0.05) is 22.4 Å². The molecule has 29 heavy (non-hydrogen) atoms. The molecule has 1 saturated carbocycles. The quantitative estimate of drug-likeness (QED) is 0.462. The van der Waals surface area contributed by atoms with Crippen LogP contribution in [0, 0.1) is 12.7 Å². The molecule has 3 heterocycles. The maximum atomic E-state index is 13.5. The number of nitrogens with zero attached hydrogens (tertiary/aromatic N) is 4. The molecule has 5 nitrogen and oxygen atoms in total. The van der Waals surface area contributed by atoms with Gasteiger partial charge in [-0.1, -0.05) is 12.1 Å². The lowest BCUT2D eigenvalue weighted by molar-refractivity contribution is 0.628. The number of fused-ring (bicyclic) bond motifs is 2. The van der Waals surface area contributed by atoms with Crippen molar-refractivity contribution in [2.75, 3.05) is 0 Å². The lowest BCUT2D eigenvalue weighted by Crippen LogP contribution is -1.99. The van der Waals surface area contributed by atoms with Crippen LogP contribution in [-0.2, 0) is 0 Å². The Bertz CT molecular complexity index is 1380. The van der Waals surface area contributed by atoms with E-state index in [-0.39, 0.29) is 5.82 Å². The van der Waals surface area contributed by atoms with Crippen LogP contribution in [0.4, 0.5) is 4.39 Å². The summed E-state index contributed by atoms with van der Waals surface area (Å²) in [5.41, 5.74) is 6.90. The lowest BCUT2D eigenvalue weighted by atomic mass is 9.97. The molecule has 6 rings (SSSR count). The summed E-state index contributed by atoms with van der Waals surface area (Å²) in [6.45, 7) is 2.07. The highest BCUT2D eigenvalue weighted by atomic mass is 19.1. The summed E-state index contributed by atoms with van der Waals surface area (Å²) >= 11 is 0. The van der Waals surface area contributed by atoms with Gasteiger partial charge < -0.3 is 0 Å². The molecule has 0 amide bonds. The first kappa shape index (κ1) is 16.4. The minimum absolute atomic E-state index is 0.246. The molecule has 0 unspecified atom stereocenters. The average Bonchev–Trinajstić information content (AvgIpc) is 3.30. The first-order chi connectivity index (χ1) is 14.2. The second-order valence-corrected chi connectivity index (χ2v) is 7.74. The summed E-state index contributed by atoms with van der Waals surface area (Å²) in [6.07, 6.45) is 4.13. The maximum absolute atomic E-state index is 13.5. The number of hydrogen-bond donors (Lipinski definition) is 1. The van der Waals surface area contributed by atoms with Crippen LogP contribution < -0.4 is 0 Å². The molecule has 5 aromatic rings. The topological polar surface area (TPSA) is 58.9 Å². The zero-order valence-corrected chi connectivity index (χ0v) is 15.9. The molecule has 1 aliphatic rings. The van der Waals surface area contributed by atoms with Gasteiger partial charge in [0.2, 0.25) is 0 Å². The second-order valence-electron chi connectivity index (χ2n) is 7.74. The summed E-state index contributed by atoms with van der Waals surface area (Å²) in [5.74, 6) is 1.13. The van der Waals surface area contributed by atoms with E-state index in [0.29, 0.717) is 5.92 Å². The molecule has 0 bridgehead atoms. The van der Waals surface area contributed by atoms with E-state index in [1.165, 1.54) is 12.1 Å². The van der Waals surface area contributed by atoms with Gasteiger partial charge in [-0.15, -0.1) is 0 Å². The van der Waals surface area contributed by atoms with E-state index in [2.05, 4.69) is 35.3 Å². The van der Waals surface area contributed by atoms with Crippen molar-refractivity contribution in [3.63, 3.8) is 0 Å². The predicted octanol–water partition coefficient (Wildman–Crippen LogP) is 5.26. The number of aromatic nitrogens is 5. The summed E-state index contributed by atoms with van der Waals surface area (Å²) in [5, 5.41) is 13.1. The minimum atomic E-state index is -0.246. The fourth-order valence-electron chi connectivity index (χ4n) is 3.99. The number of aromatic amines is 1. The van der Waals surface area contributed by atoms with Crippen molar-refractivity contribution in [1.29, 1.82) is 0 Å². The SMILES string of the molecule is Cc1cc(-c2c(-c3ccc(F)cc3)ccc3nc(C4CC4)nn23)cc2cn[nH]c12. The number of aryl methyl sites for hydroxylation is 1. The standard InChI is InChI=1S/C23H18FN5/c1-13-10-16(11-17-12-25-27-21(13)17)22-19(14-4-6-18(24)7-5-14)8-9-20-26-23(15-2-3-15)28-29(20)22/h4-12,15H,2-3H2,1H3,(H,25,27). The van der Waals surface area contributed by atoms with E-state index < -0.39 is 0 Å². The van der Waals surface area contributed by atoms with Gasteiger partial charge in [-0.3, -0.25) is 5.10 Å². The van der Waals surface area contributed by atoms with Crippen LogP contribution in [0.25, 0.3) is 38.9 Å². The number of H-pyrrole nitrogens is 1. The molecule has 0 saturated heterocycles. The Kier molecular flexibility index (Phi) is 3.38. The molecule has 6 heteroatoms. The van der Waals surface area contributed by atoms with Crippen molar-refractivity contribution in [1.82, 2.24) is 24.8 Å². The van der Waals surface area contributed by atoms with Crippen LogP contribution in [-0.4, -0.2) is 24.8 Å². The van der Waals surface area contributed by atoms with Crippen LogP contribution in [0.1, 0.15) is 30.1 Å². The Morgan fingerprint density at radius 1 is 1.03 bits per heavy atom. The number of nitrogens with one attached hydrogen (secondary N) is 1. The Morgan fingerprint density at radius 3 is 2.66 bits per heavy atom. The first-order valence-electron chi connectivity index (χ1n) is 9.77. The molecule has 0 spiro atoms. The highest BCUT2D eigenvalue weighted by Gasteiger charge is 2.28. The van der Waals surface area contributed by atoms with Crippen molar-refractivity contribution in [2.24, 2.45) is 0 Å².